The van der Waals surface area contributed by atoms with Gasteiger partial charge in [0.25, 0.3) is 0 Å². The molecule has 0 bridgehead atoms. The minimum absolute atomic E-state index is 0.0417. The monoisotopic (exact) mass is 318 g/mol. The number of sulfonamides is 1. The number of aryl methyl sites for hydroxylation is 1. The van der Waals surface area contributed by atoms with Crippen LogP contribution in [0.5, 0.6) is 0 Å². The molecule has 8 heteroatoms. The second kappa shape index (κ2) is 5.80. The number of hydrogen-bond acceptors (Lipinski definition) is 5. The molecule has 1 N–H and O–H groups in total. The first-order chi connectivity index (χ1) is 9.37. The molecule has 0 atom stereocenters. The molecular weight excluding hydrogens is 300 g/mol. The van der Waals surface area contributed by atoms with Crippen LogP contribution in [0.1, 0.15) is 22.2 Å². The molecule has 2 rings (SSSR count). The molecule has 1 aliphatic heterocycles. The lowest BCUT2D eigenvalue weighted by Gasteiger charge is -2.33. The Morgan fingerprint density at radius 1 is 1.35 bits per heavy atom. The Morgan fingerprint density at radius 3 is 2.45 bits per heavy atom. The van der Waals surface area contributed by atoms with Crippen LogP contribution in [0.2, 0.25) is 0 Å². The van der Waals surface area contributed by atoms with Gasteiger partial charge in [0, 0.05) is 26.2 Å². The zero-order chi connectivity index (χ0) is 14.9. The standard InChI is InChI=1S/C12H18N2O4S2/c1-3-13-4-6-14(7-5-13)20(17,18)11-9(2)8-19-10(11)12(15)16/h8H,3-7H2,1-2H3,(H,15,16). The van der Waals surface area contributed by atoms with E-state index in [4.69, 9.17) is 5.11 Å². The molecule has 20 heavy (non-hydrogen) atoms. The average Bonchev–Trinajstić information content (AvgIpc) is 2.81. The predicted octanol–water partition coefficient (Wildman–Crippen LogP) is 1.08. The average molecular weight is 318 g/mol. The van der Waals surface area contributed by atoms with E-state index in [-0.39, 0.29) is 9.77 Å². The number of hydrogen-bond donors (Lipinski definition) is 1. The normalized spacial score (nSPS) is 18.3. The van der Waals surface area contributed by atoms with Crippen molar-refractivity contribution in [2.75, 3.05) is 32.7 Å². The first kappa shape index (κ1) is 15.4. The number of carboxylic acids is 1. The van der Waals surface area contributed by atoms with E-state index < -0.39 is 16.0 Å². The third-order valence-corrected chi connectivity index (χ3v) is 6.79. The smallest absolute Gasteiger partial charge is 0.347 e. The minimum atomic E-state index is -3.72. The summed E-state index contributed by atoms with van der Waals surface area (Å²) in [6, 6.07) is 0. The minimum Gasteiger partial charge on any atom is -0.477 e. The molecule has 1 saturated heterocycles. The lowest BCUT2D eigenvalue weighted by Crippen LogP contribution is -2.48. The number of piperazine rings is 1. The fourth-order valence-corrected chi connectivity index (χ4v) is 5.32. The Bertz CT molecular complexity index is 601. The third kappa shape index (κ3) is 2.73. The topological polar surface area (TPSA) is 77.9 Å². The van der Waals surface area contributed by atoms with Crippen molar-refractivity contribution in [3.8, 4) is 0 Å². The first-order valence-electron chi connectivity index (χ1n) is 6.41. The summed E-state index contributed by atoms with van der Waals surface area (Å²) in [5, 5.41) is 10.7. The number of carboxylic acid groups (broad SMARTS) is 1. The maximum absolute atomic E-state index is 12.6. The van der Waals surface area contributed by atoms with E-state index in [9.17, 15) is 13.2 Å². The molecule has 6 nitrogen and oxygen atoms in total. The van der Waals surface area contributed by atoms with Crippen molar-refractivity contribution in [1.29, 1.82) is 0 Å². The van der Waals surface area contributed by atoms with Crippen LogP contribution >= 0.6 is 11.3 Å². The lowest BCUT2D eigenvalue weighted by molar-refractivity contribution is 0.0698. The van der Waals surface area contributed by atoms with Crippen LogP contribution in [0, 0.1) is 6.92 Å². The van der Waals surface area contributed by atoms with Crippen LogP contribution < -0.4 is 0 Å². The highest BCUT2D eigenvalue weighted by Crippen LogP contribution is 2.30. The second-order valence-corrected chi connectivity index (χ2v) is 7.47. The predicted molar refractivity (Wildman–Crippen MR) is 76.9 cm³/mol. The summed E-state index contributed by atoms with van der Waals surface area (Å²) in [6.45, 7) is 6.75. The number of carbonyl (C=O) groups is 1. The van der Waals surface area contributed by atoms with E-state index in [2.05, 4.69) is 4.90 Å². The molecule has 0 amide bonds. The number of thiophene rings is 1. The van der Waals surface area contributed by atoms with Gasteiger partial charge in [-0.1, -0.05) is 6.92 Å². The molecule has 0 aliphatic carbocycles. The van der Waals surface area contributed by atoms with E-state index in [1.807, 2.05) is 6.92 Å². The van der Waals surface area contributed by atoms with Crippen LogP contribution in [0.15, 0.2) is 10.3 Å². The van der Waals surface area contributed by atoms with E-state index in [0.29, 0.717) is 31.7 Å². The highest BCUT2D eigenvalue weighted by atomic mass is 32.2. The van der Waals surface area contributed by atoms with E-state index in [1.165, 1.54) is 4.31 Å². The molecule has 1 aromatic heterocycles. The molecular formula is C12H18N2O4S2. The third-order valence-electron chi connectivity index (χ3n) is 3.49. The summed E-state index contributed by atoms with van der Waals surface area (Å²) in [6.07, 6.45) is 0. The largest absolute Gasteiger partial charge is 0.477 e. The van der Waals surface area contributed by atoms with Gasteiger partial charge < -0.3 is 10.0 Å². The van der Waals surface area contributed by atoms with Crippen molar-refractivity contribution in [2.45, 2.75) is 18.7 Å². The van der Waals surface area contributed by atoms with Crippen LogP contribution in [0.25, 0.3) is 0 Å². The van der Waals surface area contributed by atoms with Gasteiger partial charge in [0.1, 0.15) is 9.77 Å². The van der Waals surface area contributed by atoms with Gasteiger partial charge in [-0.2, -0.15) is 4.31 Å². The first-order valence-corrected chi connectivity index (χ1v) is 8.73. The lowest BCUT2D eigenvalue weighted by atomic mass is 10.3. The number of rotatable bonds is 4. The number of nitrogens with zero attached hydrogens (tertiary/aromatic N) is 2. The van der Waals surface area contributed by atoms with Crippen molar-refractivity contribution in [1.82, 2.24) is 9.21 Å². The van der Waals surface area contributed by atoms with Gasteiger partial charge in [0.2, 0.25) is 10.0 Å². The molecule has 0 aromatic carbocycles. The number of likely N-dealkylation sites (N-methyl/N-ethyl adjacent to an activating group) is 1. The maximum atomic E-state index is 12.6. The van der Waals surface area contributed by atoms with Gasteiger partial charge in [-0.3, -0.25) is 0 Å². The Morgan fingerprint density at radius 2 is 1.95 bits per heavy atom. The van der Waals surface area contributed by atoms with Crippen molar-refractivity contribution in [2.24, 2.45) is 0 Å². The van der Waals surface area contributed by atoms with Crippen LogP contribution in [0.3, 0.4) is 0 Å². The van der Waals surface area contributed by atoms with E-state index in [1.54, 1.807) is 12.3 Å². The van der Waals surface area contributed by atoms with Gasteiger partial charge >= 0.3 is 5.97 Å². The molecule has 2 heterocycles. The van der Waals surface area contributed by atoms with Gasteiger partial charge in [-0.15, -0.1) is 11.3 Å². The quantitative estimate of drug-likeness (QED) is 0.899. The van der Waals surface area contributed by atoms with E-state index in [0.717, 1.165) is 17.9 Å². The SMILES string of the molecule is CCN1CCN(S(=O)(=O)c2c(C)csc2C(=O)O)CC1. The Hall–Kier alpha value is -0.960. The van der Waals surface area contributed by atoms with Crippen molar-refractivity contribution in [3.63, 3.8) is 0 Å². The van der Waals surface area contributed by atoms with Gasteiger partial charge in [-0.25, -0.2) is 13.2 Å². The molecule has 0 saturated carbocycles. The molecule has 112 valence electrons. The Labute approximate surface area is 122 Å². The van der Waals surface area contributed by atoms with Crippen molar-refractivity contribution in [3.05, 3.63) is 15.8 Å². The zero-order valence-electron chi connectivity index (χ0n) is 11.5. The highest BCUT2D eigenvalue weighted by molar-refractivity contribution is 7.89. The van der Waals surface area contributed by atoms with E-state index >= 15 is 0 Å². The fraction of sp³-hybridized carbons (Fsp3) is 0.583. The summed E-state index contributed by atoms with van der Waals surface area (Å²) < 4.78 is 26.7. The Kier molecular flexibility index (Phi) is 4.48. The van der Waals surface area contributed by atoms with Crippen LogP contribution in [0.4, 0.5) is 0 Å². The number of aromatic carboxylic acids is 1. The molecule has 0 spiro atoms. The molecule has 1 aromatic rings. The molecule has 1 aliphatic rings. The molecule has 0 unspecified atom stereocenters. The summed E-state index contributed by atoms with van der Waals surface area (Å²) >= 11 is 0.964. The highest BCUT2D eigenvalue weighted by Gasteiger charge is 2.33. The molecule has 0 radical (unpaired) electrons. The van der Waals surface area contributed by atoms with Crippen molar-refractivity contribution < 1.29 is 18.3 Å². The summed E-state index contributed by atoms with van der Waals surface area (Å²) in [7, 11) is -3.72. The summed E-state index contributed by atoms with van der Waals surface area (Å²) in [5.41, 5.74) is 0.505. The molecule has 1 fully saturated rings. The fourth-order valence-electron chi connectivity index (χ4n) is 2.32. The maximum Gasteiger partial charge on any atom is 0.347 e. The van der Waals surface area contributed by atoms with Crippen LogP contribution in [-0.2, 0) is 10.0 Å². The summed E-state index contributed by atoms with van der Waals surface area (Å²) in [5.74, 6) is -1.19. The Balaban J connectivity index is 2.32. The van der Waals surface area contributed by atoms with Gasteiger partial charge in [0.15, 0.2) is 0 Å². The van der Waals surface area contributed by atoms with Crippen molar-refractivity contribution >= 4 is 27.3 Å². The zero-order valence-corrected chi connectivity index (χ0v) is 13.1. The second-order valence-electron chi connectivity index (χ2n) is 4.72. The van der Waals surface area contributed by atoms with Gasteiger partial charge in [-0.05, 0) is 24.4 Å². The summed E-state index contributed by atoms with van der Waals surface area (Å²) in [4.78, 5) is 13.2. The van der Waals surface area contributed by atoms with Crippen LogP contribution in [-0.4, -0.2) is 61.4 Å². The van der Waals surface area contributed by atoms with Gasteiger partial charge in [0.05, 0.1) is 0 Å².